The maximum Gasteiger partial charge on any atom is 0.185 e. The van der Waals surface area contributed by atoms with Crippen molar-refractivity contribution >= 4 is 34.1 Å². The summed E-state index contributed by atoms with van der Waals surface area (Å²) in [5.74, 6) is 0.533. The number of fused-ring (bicyclic) bond motifs is 1. The van der Waals surface area contributed by atoms with Crippen molar-refractivity contribution in [1.82, 2.24) is 20.2 Å². The monoisotopic (exact) mass is 417 g/mol. The number of hydrogen-bond donors (Lipinski definition) is 2. The number of nitrogen functional groups attached to an aromatic ring is 1. The van der Waals surface area contributed by atoms with Gasteiger partial charge in [-0.25, -0.2) is 9.97 Å². The quantitative estimate of drug-likeness (QED) is 0.429. The molecule has 0 saturated heterocycles. The molecule has 1 aliphatic rings. The molecule has 3 N–H and O–H groups in total. The fourth-order valence-electron chi connectivity index (χ4n) is 3.86. The van der Waals surface area contributed by atoms with E-state index in [0.717, 1.165) is 34.9 Å². The van der Waals surface area contributed by atoms with Crippen molar-refractivity contribution < 1.29 is 4.79 Å². The molecule has 5 rings (SSSR count). The van der Waals surface area contributed by atoms with Crippen molar-refractivity contribution in [2.75, 3.05) is 5.73 Å². The Labute approximate surface area is 178 Å². The SMILES string of the molecule is Nc1nc(-c2ccccc2)c(-c2cc(Cl)c3[nH]ncc3c2)nc1C(=O)CC1CCC1. The molecule has 2 aromatic heterocycles. The van der Waals surface area contributed by atoms with Gasteiger partial charge in [0.05, 0.1) is 28.1 Å². The first kappa shape index (κ1) is 18.8. The summed E-state index contributed by atoms with van der Waals surface area (Å²) in [6, 6.07) is 13.4. The standard InChI is InChI=1S/C23H20ClN5O/c24-17-11-15(10-16-12-26-29-19(16)17)21-20(14-7-2-1-3-8-14)28-23(25)22(27-21)18(30)9-13-5-4-6-13/h1-3,7-8,10-13H,4-6,9H2,(H2,25,28)(H,26,29). The van der Waals surface area contributed by atoms with Gasteiger partial charge in [0, 0.05) is 22.9 Å². The number of benzene rings is 2. The summed E-state index contributed by atoms with van der Waals surface area (Å²) < 4.78 is 0. The topological polar surface area (TPSA) is 97.6 Å². The number of halogens is 1. The lowest BCUT2D eigenvalue weighted by atomic mass is 9.81. The van der Waals surface area contributed by atoms with Crippen molar-refractivity contribution in [1.29, 1.82) is 0 Å². The Balaban J connectivity index is 1.68. The molecule has 1 aliphatic carbocycles. The van der Waals surface area contributed by atoms with Crippen LogP contribution in [0.25, 0.3) is 33.4 Å². The number of nitrogens with zero attached hydrogens (tertiary/aromatic N) is 3. The van der Waals surface area contributed by atoms with Crippen LogP contribution in [0.4, 0.5) is 5.82 Å². The molecule has 0 aliphatic heterocycles. The molecule has 1 fully saturated rings. The fourth-order valence-corrected chi connectivity index (χ4v) is 4.13. The second kappa shape index (κ2) is 7.54. The predicted molar refractivity (Wildman–Crippen MR) is 118 cm³/mol. The first-order valence-corrected chi connectivity index (χ1v) is 10.4. The van der Waals surface area contributed by atoms with Crippen LogP contribution in [0.2, 0.25) is 5.02 Å². The highest BCUT2D eigenvalue weighted by Gasteiger charge is 2.25. The number of anilines is 1. The van der Waals surface area contributed by atoms with Gasteiger partial charge in [-0.1, -0.05) is 61.2 Å². The Morgan fingerprint density at radius 2 is 1.87 bits per heavy atom. The lowest BCUT2D eigenvalue weighted by Gasteiger charge is -2.24. The van der Waals surface area contributed by atoms with E-state index in [4.69, 9.17) is 22.3 Å². The number of Topliss-reactive ketones (excluding diaryl/α,β-unsaturated/α-hetero) is 1. The van der Waals surface area contributed by atoms with Crippen LogP contribution < -0.4 is 5.73 Å². The van der Waals surface area contributed by atoms with E-state index in [1.54, 1.807) is 6.20 Å². The van der Waals surface area contributed by atoms with Gasteiger partial charge in [-0.2, -0.15) is 5.10 Å². The molecule has 0 bridgehead atoms. The molecule has 4 aromatic rings. The Kier molecular flexibility index (Phi) is 4.71. The zero-order valence-electron chi connectivity index (χ0n) is 16.2. The Hall–Kier alpha value is -3.25. The first-order chi connectivity index (χ1) is 14.6. The second-order valence-electron chi connectivity index (χ2n) is 7.74. The van der Waals surface area contributed by atoms with E-state index in [-0.39, 0.29) is 17.3 Å². The van der Waals surface area contributed by atoms with Crippen molar-refractivity contribution in [2.24, 2.45) is 5.92 Å². The van der Waals surface area contributed by atoms with E-state index in [2.05, 4.69) is 15.2 Å². The van der Waals surface area contributed by atoms with Crippen LogP contribution in [0.5, 0.6) is 0 Å². The summed E-state index contributed by atoms with van der Waals surface area (Å²) >= 11 is 6.47. The molecule has 1 saturated carbocycles. The zero-order valence-corrected chi connectivity index (χ0v) is 17.0. The molecule has 7 heteroatoms. The van der Waals surface area contributed by atoms with E-state index in [9.17, 15) is 4.79 Å². The van der Waals surface area contributed by atoms with Crippen LogP contribution in [-0.4, -0.2) is 25.9 Å². The van der Waals surface area contributed by atoms with Crippen molar-refractivity contribution in [3.8, 4) is 22.5 Å². The molecule has 150 valence electrons. The largest absolute Gasteiger partial charge is 0.382 e. The third-order valence-corrected chi connectivity index (χ3v) is 6.01. The van der Waals surface area contributed by atoms with Gasteiger partial charge in [0.25, 0.3) is 0 Å². The minimum absolute atomic E-state index is 0.0546. The number of carbonyl (C=O) groups is 1. The summed E-state index contributed by atoms with van der Waals surface area (Å²) in [4.78, 5) is 22.3. The number of nitrogens with one attached hydrogen (secondary N) is 1. The molecule has 0 unspecified atom stereocenters. The van der Waals surface area contributed by atoms with E-state index in [1.807, 2.05) is 42.5 Å². The molecule has 0 spiro atoms. The van der Waals surface area contributed by atoms with Crippen molar-refractivity contribution in [2.45, 2.75) is 25.7 Å². The molecule has 2 aromatic carbocycles. The Morgan fingerprint density at radius 1 is 1.10 bits per heavy atom. The van der Waals surface area contributed by atoms with E-state index in [1.165, 1.54) is 6.42 Å². The number of H-pyrrole nitrogens is 1. The van der Waals surface area contributed by atoms with E-state index < -0.39 is 0 Å². The maximum absolute atomic E-state index is 12.9. The minimum Gasteiger partial charge on any atom is -0.382 e. The van der Waals surface area contributed by atoms with E-state index >= 15 is 0 Å². The number of hydrogen-bond acceptors (Lipinski definition) is 5. The van der Waals surface area contributed by atoms with Crippen LogP contribution in [0.3, 0.4) is 0 Å². The lowest BCUT2D eigenvalue weighted by molar-refractivity contribution is 0.0932. The van der Waals surface area contributed by atoms with Crippen molar-refractivity contribution in [3.05, 3.63) is 59.4 Å². The molecular formula is C23H20ClN5O. The summed E-state index contributed by atoms with van der Waals surface area (Å²) in [6.07, 6.45) is 5.52. The van der Waals surface area contributed by atoms with Gasteiger partial charge in [0.2, 0.25) is 0 Å². The van der Waals surface area contributed by atoms with Gasteiger partial charge in [0.1, 0.15) is 5.69 Å². The molecule has 6 nitrogen and oxygen atoms in total. The molecule has 30 heavy (non-hydrogen) atoms. The lowest BCUT2D eigenvalue weighted by Crippen LogP contribution is -2.18. The van der Waals surface area contributed by atoms with Gasteiger partial charge in [-0.3, -0.25) is 9.89 Å². The highest BCUT2D eigenvalue weighted by Crippen LogP contribution is 2.36. The zero-order chi connectivity index (χ0) is 20.7. The molecule has 0 amide bonds. The Morgan fingerprint density at radius 3 is 2.60 bits per heavy atom. The summed E-state index contributed by atoms with van der Waals surface area (Å²) in [5, 5.41) is 8.35. The van der Waals surface area contributed by atoms with Crippen molar-refractivity contribution in [3.63, 3.8) is 0 Å². The molecule has 0 radical (unpaired) electrons. The predicted octanol–water partition coefficient (Wildman–Crippen LogP) is 5.30. The van der Waals surface area contributed by atoms with Crippen LogP contribution in [-0.2, 0) is 0 Å². The van der Waals surface area contributed by atoms with Gasteiger partial charge >= 0.3 is 0 Å². The summed E-state index contributed by atoms with van der Waals surface area (Å²) in [6.45, 7) is 0. The maximum atomic E-state index is 12.9. The smallest absolute Gasteiger partial charge is 0.185 e. The average molecular weight is 418 g/mol. The number of carbonyl (C=O) groups excluding carboxylic acids is 1. The highest BCUT2D eigenvalue weighted by molar-refractivity contribution is 6.35. The van der Waals surface area contributed by atoms with Crippen LogP contribution in [0.15, 0.2) is 48.7 Å². The van der Waals surface area contributed by atoms with Crippen LogP contribution in [0.1, 0.15) is 36.2 Å². The molecule has 0 atom stereocenters. The van der Waals surface area contributed by atoms with Gasteiger partial charge < -0.3 is 5.73 Å². The first-order valence-electron chi connectivity index (χ1n) is 9.99. The second-order valence-corrected chi connectivity index (χ2v) is 8.14. The number of aromatic nitrogens is 4. The third kappa shape index (κ3) is 3.33. The third-order valence-electron chi connectivity index (χ3n) is 5.71. The fraction of sp³-hybridized carbons (Fsp3) is 0.217. The summed E-state index contributed by atoms with van der Waals surface area (Å²) in [5.41, 5.74) is 10.0. The molecular weight excluding hydrogens is 398 g/mol. The van der Waals surface area contributed by atoms with Crippen LogP contribution in [0, 0.1) is 5.92 Å². The van der Waals surface area contributed by atoms with Gasteiger partial charge in [-0.15, -0.1) is 0 Å². The Bertz CT molecular complexity index is 1250. The normalized spacial score (nSPS) is 14.0. The van der Waals surface area contributed by atoms with E-state index in [0.29, 0.717) is 28.7 Å². The number of aromatic amines is 1. The van der Waals surface area contributed by atoms with Gasteiger partial charge in [0.15, 0.2) is 11.6 Å². The number of rotatable bonds is 5. The highest BCUT2D eigenvalue weighted by atomic mass is 35.5. The average Bonchev–Trinajstić information content (AvgIpc) is 3.20. The number of ketones is 1. The molecule has 2 heterocycles. The number of nitrogens with two attached hydrogens (primary N) is 1. The summed E-state index contributed by atoms with van der Waals surface area (Å²) in [7, 11) is 0. The van der Waals surface area contributed by atoms with Gasteiger partial charge in [-0.05, 0) is 18.1 Å². The minimum atomic E-state index is -0.0546. The van der Waals surface area contributed by atoms with Crippen LogP contribution >= 0.6 is 11.6 Å².